The number of ether oxygens (including phenoxy) is 1. The zero-order chi connectivity index (χ0) is 20.6. The molecule has 2 aliphatic rings. The van der Waals surface area contributed by atoms with Crippen LogP contribution in [0.2, 0.25) is 0 Å². The number of aromatic nitrogens is 2. The number of fused-ring (bicyclic) bond motifs is 2. The molecule has 0 bridgehead atoms. The molecule has 30 heavy (non-hydrogen) atoms. The summed E-state index contributed by atoms with van der Waals surface area (Å²) in [5, 5.41) is 4.96. The molecule has 2 N–H and O–H groups in total. The third-order valence-corrected chi connectivity index (χ3v) is 6.30. The van der Waals surface area contributed by atoms with Crippen molar-refractivity contribution in [3.05, 3.63) is 83.2 Å². The molecule has 6 nitrogen and oxygen atoms in total. The summed E-state index contributed by atoms with van der Waals surface area (Å²) in [6, 6.07) is 17.8. The van der Waals surface area contributed by atoms with Crippen LogP contribution in [0.4, 0.5) is 0 Å². The van der Waals surface area contributed by atoms with E-state index in [1.165, 1.54) is 11.1 Å². The summed E-state index contributed by atoms with van der Waals surface area (Å²) in [6.07, 6.45) is 4.96. The lowest BCUT2D eigenvalue weighted by Gasteiger charge is -2.43. The third-order valence-electron chi connectivity index (χ3n) is 6.30. The highest BCUT2D eigenvalue weighted by Gasteiger charge is 2.43. The van der Waals surface area contributed by atoms with Crippen LogP contribution in [0.3, 0.4) is 0 Å². The van der Waals surface area contributed by atoms with Crippen LogP contribution in [0.15, 0.2) is 60.8 Å². The topological polar surface area (TPSA) is 73.4 Å². The third kappa shape index (κ3) is 3.53. The molecule has 5 rings (SSSR count). The van der Waals surface area contributed by atoms with E-state index >= 15 is 0 Å². The smallest absolute Gasteiger partial charge is 0.248 e. The number of nitrogens with two attached hydrogens (primary N) is 1. The highest BCUT2D eigenvalue weighted by atomic mass is 16.5. The lowest BCUT2D eigenvalue weighted by Crippen LogP contribution is -2.46. The first-order chi connectivity index (χ1) is 14.6. The molecule has 1 fully saturated rings. The number of carbonyl (C=O) groups excluding carboxylic acids is 1. The maximum absolute atomic E-state index is 11.3. The van der Waals surface area contributed by atoms with E-state index in [9.17, 15) is 4.79 Å². The summed E-state index contributed by atoms with van der Waals surface area (Å²) < 4.78 is 8.36. The fourth-order valence-electron chi connectivity index (χ4n) is 4.60. The minimum atomic E-state index is -0.387. The molecule has 1 spiro atoms. The Bertz CT molecular complexity index is 1030. The average molecular weight is 402 g/mol. The minimum Gasteiger partial charge on any atom is -0.368 e. The molecular formula is C24H26N4O2. The largest absolute Gasteiger partial charge is 0.368 e. The van der Waals surface area contributed by atoms with Gasteiger partial charge in [-0.3, -0.25) is 9.69 Å². The Morgan fingerprint density at radius 2 is 1.80 bits per heavy atom. The van der Waals surface area contributed by atoms with Crippen molar-refractivity contribution in [2.75, 3.05) is 19.7 Å². The Kier molecular flexibility index (Phi) is 4.89. The van der Waals surface area contributed by atoms with Gasteiger partial charge in [-0.25, -0.2) is 4.68 Å². The molecule has 0 atom stereocenters. The van der Waals surface area contributed by atoms with Crippen LogP contribution in [0.25, 0.3) is 5.69 Å². The molecule has 1 aromatic heterocycles. The van der Waals surface area contributed by atoms with Gasteiger partial charge in [0.1, 0.15) is 5.60 Å². The number of piperidine rings is 1. The van der Waals surface area contributed by atoms with Crippen LogP contribution >= 0.6 is 0 Å². The van der Waals surface area contributed by atoms with Crippen LogP contribution in [0, 0.1) is 0 Å². The van der Waals surface area contributed by atoms with E-state index in [-0.39, 0.29) is 11.5 Å². The van der Waals surface area contributed by atoms with Crippen LogP contribution in [0.1, 0.15) is 40.0 Å². The fourth-order valence-corrected chi connectivity index (χ4v) is 4.60. The number of nitrogens with zero attached hydrogens (tertiary/aromatic N) is 3. The number of hydrogen-bond donors (Lipinski definition) is 1. The predicted octanol–water partition coefficient (Wildman–Crippen LogP) is 3.04. The van der Waals surface area contributed by atoms with Crippen molar-refractivity contribution >= 4 is 5.91 Å². The Hall–Kier alpha value is -2.96. The van der Waals surface area contributed by atoms with Gasteiger partial charge in [0.2, 0.25) is 5.91 Å². The van der Waals surface area contributed by atoms with Crippen molar-refractivity contribution in [2.45, 2.75) is 31.4 Å². The second kappa shape index (κ2) is 7.70. The summed E-state index contributed by atoms with van der Waals surface area (Å²) in [7, 11) is 0. The van der Waals surface area contributed by atoms with Gasteiger partial charge >= 0.3 is 0 Å². The number of amides is 1. The first-order valence-electron chi connectivity index (χ1n) is 10.5. The van der Waals surface area contributed by atoms with Crippen molar-refractivity contribution in [1.82, 2.24) is 14.7 Å². The van der Waals surface area contributed by atoms with Gasteiger partial charge in [-0.1, -0.05) is 30.3 Å². The molecule has 3 aromatic rings. The molecule has 1 amide bonds. The quantitative estimate of drug-likeness (QED) is 0.728. The number of rotatable bonds is 4. The van der Waals surface area contributed by atoms with Gasteiger partial charge in [0.15, 0.2) is 0 Å². The molecule has 2 aliphatic heterocycles. The van der Waals surface area contributed by atoms with E-state index in [2.05, 4.69) is 23.2 Å². The lowest BCUT2D eigenvalue weighted by atomic mass is 9.83. The van der Waals surface area contributed by atoms with Gasteiger partial charge in [0.05, 0.1) is 18.0 Å². The SMILES string of the molecule is NC(=O)c1ccc(CN2CCC3(CC2)OCCc2cn(-c4ccccc4)nc23)cc1. The molecule has 3 heterocycles. The van der Waals surface area contributed by atoms with E-state index in [1.807, 2.05) is 35.0 Å². The summed E-state index contributed by atoms with van der Waals surface area (Å²) in [6.45, 7) is 3.52. The van der Waals surface area contributed by atoms with E-state index < -0.39 is 0 Å². The monoisotopic (exact) mass is 402 g/mol. The molecule has 6 heteroatoms. The number of hydrogen-bond acceptors (Lipinski definition) is 4. The number of benzene rings is 2. The number of carbonyl (C=O) groups is 1. The zero-order valence-corrected chi connectivity index (χ0v) is 17.0. The van der Waals surface area contributed by atoms with Crippen LogP contribution in [-0.2, 0) is 23.3 Å². The summed E-state index contributed by atoms with van der Waals surface area (Å²) in [4.78, 5) is 13.7. The Labute approximate surface area is 176 Å². The minimum absolute atomic E-state index is 0.278. The zero-order valence-electron chi connectivity index (χ0n) is 17.0. The first kappa shape index (κ1) is 19.0. The normalized spacial score (nSPS) is 18.3. The molecule has 2 aromatic carbocycles. The lowest BCUT2D eigenvalue weighted by molar-refractivity contribution is -0.102. The van der Waals surface area contributed by atoms with E-state index in [4.69, 9.17) is 15.6 Å². The molecule has 0 saturated carbocycles. The average Bonchev–Trinajstić information content (AvgIpc) is 3.23. The van der Waals surface area contributed by atoms with Crippen LogP contribution in [0.5, 0.6) is 0 Å². The van der Waals surface area contributed by atoms with Crippen LogP contribution < -0.4 is 5.73 Å². The summed E-state index contributed by atoms with van der Waals surface area (Å²) >= 11 is 0. The van der Waals surface area contributed by atoms with Gasteiger partial charge in [-0.15, -0.1) is 0 Å². The molecule has 1 saturated heterocycles. The van der Waals surface area contributed by atoms with Gasteiger partial charge in [-0.05, 0) is 54.7 Å². The van der Waals surface area contributed by atoms with Gasteiger partial charge in [0, 0.05) is 31.4 Å². The van der Waals surface area contributed by atoms with Crippen molar-refractivity contribution in [1.29, 1.82) is 0 Å². The molecule has 0 aliphatic carbocycles. The Balaban J connectivity index is 1.30. The predicted molar refractivity (Wildman–Crippen MR) is 114 cm³/mol. The first-order valence-corrected chi connectivity index (χ1v) is 10.5. The van der Waals surface area contributed by atoms with E-state index in [1.54, 1.807) is 12.1 Å². The van der Waals surface area contributed by atoms with Gasteiger partial charge in [0.25, 0.3) is 0 Å². The Morgan fingerprint density at radius 3 is 2.50 bits per heavy atom. The molecule has 154 valence electrons. The van der Waals surface area contributed by atoms with Crippen molar-refractivity contribution in [3.8, 4) is 5.69 Å². The molecular weight excluding hydrogens is 376 g/mol. The van der Waals surface area contributed by atoms with Crippen molar-refractivity contribution in [3.63, 3.8) is 0 Å². The maximum atomic E-state index is 11.3. The standard InChI is InChI=1S/C24H26N4O2/c25-23(29)19-8-6-18(7-9-19)16-27-13-11-24(12-14-27)22-20(10-15-30-24)17-28(26-22)21-4-2-1-3-5-21/h1-9,17H,10-16H2,(H2,25,29). The van der Waals surface area contributed by atoms with Gasteiger partial charge < -0.3 is 10.5 Å². The number of para-hydroxylation sites is 1. The van der Waals surface area contributed by atoms with E-state index in [0.29, 0.717) is 5.56 Å². The highest BCUT2D eigenvalue weighted by Crippen LogP contribution is 2.41. The van der Waals surface area contributed by atoms with E-state index in [0.717, 1.165) is 56.9 Å². The van der Waals surface area contributed by atoms with Crippen LogP contribution in [-0.4, -0.2) is 40.3 Å². The number of likely N-dealkylation sites (tertiary alicyclic amines) is 1. The fraction of sp³-hybridized carbons (Fsp3) is 0.333. The molecule has 0 unspecified atom stereocenters. The summed E-state index contributed by atoms with van der Waals surface area (Å²) in [5.41, 5.74) is 10.3. The van der Waals surface area contributed by atoms with Crippen molar-refractivity contribution in [2.24, 2.45) is 5.73 Å². The maximum Gasteiger partial charge on any atom is 0.248 e. The number of primary amides is 1. The Morgan fingerprint density at radius 1 is 1.07 bits per heavy atom. The summed E-state index contributed by atoms with van der Waals surface area (Å²) in [5.74, 6) is -0.387. The second-order valence-corrected chi connectivity index (χ2v) is 8.21. The van der Waals surface area contributed by atoms with Crippen molar-refractivity contribution < 1.29 is 9.53 Å². The molecule has 0 radical (unpaired) electrons. The second-order valence-electron chi connectivity index (χ2n) is 8.21. The highest BCUT2D eigenvalue weighted by molar-refractivity contribution is 5.92. The van der Waals surface area contributed by atoms with Gasteiger partial charge in [-0.2, -0.15) is 5.10 Å².